The van der Waals surface area contributed by atoms with Crippen LogP contribution in [-0.2, 0) is 0 Å². The van der Waals surface area contributed by atoms with Crippen molar-refractivity contribution in [3.63, 3.8) is 0 Å². The van der Waals surface area contributed by atoms with E-state index in [0.29, 0.717) is 11.0 Å². The minimum absolute atomic E-state index is 0.157. The van der Waals surface area contributed by atoms with Gasteiger partial charge in [0.05, 0.1) is 5.39 Å². The predicted molar refractivity (Wildman–Crippen MR) is 59.9 cm³/mol. The van der Waals surface area contributed by atoms with E-state index < -0.39 is 0 Å². The lowest BCUT2D eigenvalue weighted by Crippen LogP contribution is -1.99. The van der Waals surface area contributed by atoms with Crippen LogP contribution in [0.4, 0.5) is 0 Å². The summed E-state index contributed by atoms with van der Waals surface area (Å²) in [5.41, 5.74) is 2.22. The summed E-state index contributed by atoms with van der Waals surface area (Å²) in [6, 6.07) is 5.54. The lowest BCUT2D eigenvalue weighted by molar-refractivity contribution is 1.06. The lowest BCUT2D eigenvalue weighted by atomic mass is 10.1. The second kappa shape index (κ2) is 3.30. The zero-order valence-electron chi connectivity index (χ0n) is 8.27. The Kier molecular flexibility index (Phi) is 1.83. The smallest absolute Gasteiger partial charge is 0.274 e. The number of fused-ring (bicyclic) bond motifs is 1. The minimum Gasteiger partial charge on any atom is -0.281 e. The van der Waals surface area contributed by atoms with Crippen LogP contribution in [0.2, 0.25) is 0 Å². The van der Waals surface area contributed by atoms with Crippen LogP contribution in [0.15, 0.2) is 41.6 Å². The van der Waals surface area contributed by atoms with Crippen molar-refractivity contribution in [2.24, 2.45) is 0 Å². The largest absolute Gasteiger partial charge is 0.281 e. The van der Waals surface area contributed by atoms with Crippen LogP contribution < -0.4 is 5.56 Å². The molecule has 0 spiro atoms. The number of aromatic nitrogens is 4. The fraction of sp³-hybridized carbons (Fsp3) is 0. The molecule has 0 unspecified atom stereocenters. The first-order valence-corrected chi connectivity index (χ1v) is 4.82. The number of rotatable bonds is 1. The van der Waals surface area contributed by atoms with Crippen LogP contribution in [-0.4, -0.2) is 20.2 Å². The summed E-state index contributed by atoms with van der Waals surface area (Å²) in [4.78, 5) is 19.7. The van der Waals surface area contributed by atoms with E-state index in [9.17, 15) is 4.79 Å². The molecule has 3 aromatic rings. The molecule has 3 rings (SSSR count). The molecule has 5 nitrogen and oxygen atoms in total. The number of aromatic amines is 2. The average molecular weight is 212 g/mol. The number of hydrogen-bond acceptors (Lipinski definition) is 3. The molecule has 78 valence electrons. The van der Waals surface area contributed by atoms with Crippen molar-refractivity contribution < 1.29 is 0 Å². The summed E-state index contributed by atoms with van der Waals surface area (Å²) < 4.78 is 0. The monoisotopic (exact) mass is 212 g/mol. The molecular formula is C11H8N4O. The Morgan fingerprint density at radius 2 is 1.81 bits per heavy atom. The average Bonchev–Trinajstić information content (AvgIpc) is 2.73. The molecule has 0 atom stereocenters. The Morgan fingerprint density at radius 1 is 1.00 bits per heavy atom. The minimum atomic E-state index is -0.157. The summed E-state index contributed by atoms with van der Waals surface area (Å²) in [7, 11) is 0. The van der Waals surface area contributed by atoms with Gasteiger partial charge in [0.15, 0.2) is 5.65 Å². The molecule has 3 heterocycles. The fourth-order valence-corrected chi connectivity index (χ4v) is 1.74. The van der Waals surface area contributed by atoms with Gasteiger partial charge in [0.1, 0.15) is 0 Å². The molecule has 0 aliphatic heterocycles. The van der Waals surface area contributed by atoms with E-state index >= 15 is 0 Å². The molecule has 5 heteroatoms. The normalized spacial score (nSPS) is 10.8. The highest BCUT2D eigenvalue weighted by Crippen LogP contribution is 2.22. The summed E-state index contributed by atoms with van der Waals surface area (Å²) in [6.07, 6.45) is 5.06. The third-order valence-electron chi connectivity index (χ3n) is 2.46. The number of hydrogen-bond donors (Lipinski definition) is 2. The SMILES string of the molecule is O=c1[nH][nH]c2nccc(-c3ccncc3)c12. The van der Waals surface area contributed by atoms with Crippen molar-refractivity contribution >= 4 is 11.0 Å². The van der Waals surface area contributed by atoms with Gasteiger partial charge >= 0.3 is 0 Å². The molecule has 3 aromatic heterocycles. The summed E-state index contributed by atoms with van der Waals surface area (Å²) in [5, 5.41) is 5.84. The van der Waals surface area contributed by atoms with Gasteiger partial charge in [-0.05, 0) is 29.3 Å². The Labute approximate surface area is 90.2 Å². The van der Waals surface area contributed by atoms with Gasteiger partial charge in [-0.2, -0.15) is 0 Å². The van der Waals surface area contributed by atoms with Crippen molar-refractivity contribution in [3.8, 4) is 11.1 Å². The molecule has 0 saturated heterocycles. The first kappa shape index (κ1) is 8.84. The lowest BCUT2D eigenvalue weighted by Gasteiger charge is -2.00. The van der Waals surface area contributed by atoms with Gasteiger partial charge in [0.2, 0.25) is 0 Å². The standard InChI is InChI=1S/C11H8N4O/c16-11-9-8(7-1-4-12-5-2-7)3-6-13-10(9)14-15-11/h1-6H,(H2,13,14,15,16). The fourth-order valence-electron chi connectivity index (χ4n) is 1.74. The third-order valence-corrected chi connectivity index (χ3v) is 2.46. The van der Waals surface area contributed by atoms with E-state index in [0.717, 1.165) is 11.1 Å². The molecule has 2 N–H and O–H groups in total. The second-order valence-corrected chi connectivity index (χ2v) is 3.40. The Hall–Kier alpha value is -2.43. The summed E-state index contributed by atoms with van der Waals surface area (Å²) >= 11 is 0. The van der Waals surface area contributed by atoms with Crippen molar-refractivity contribution in [2.75, 3.05) is 0 Å². The maximum atomic E-state index is 11.6. The van der Waals surface area contributed by atoms with E-state index in [4.69, 9.17) is 0 Å². The van der Waals surface area contributed by atoms with Gasteiger partial charge in [-0.1, -0.05) is 0 Å². The van der Waals surface area contributed by atoms with E-state index in [1.165, 1.54) is 0 Å². The quantitative estimate of drug-likeness (QED) is 0.638. The van der Waals surface area contributed by atoms with Crippen LogP contribution in [0, 0.1) is 0 Å². The molecule has 0 amide bonds. The number of pyridine rings is 2. The van der Waals surface area contributed by atoms with E-state index in [1.807, 2.05) is 18.2 Å². The molecule has 0 aliphatic rings. The van der Waals surface area contributed by atoms with Gasteiger partial charge < -0.3 is 0 Å². The van der Waals surface area contributed by atoms with E-state index in [-0.39, 0.29) is 5.56 Å². The number of nitrogens with zero attached hydrogens (tertiary/aromatic N) is 2. The van der Waals surface area contributed by atoms with Crippen LogP contribution in [0.5, 0.6) is 0 Å². The Morgan fingerprint density at radius 3 is 2.62 bits per heavy atom. The van der Waals surface area contributed by atoms with Gasteiger partial charge in [-0.25, -0.2) is 4.98 Å². The van der Waals surface area contributed by atoms with Gasteiger partial charge in [-0.15, -0.1) is 0 Å². The highest BCUT2D eigenvalue weighted by atomic mass is 16.1. The molecule has 0 fully saturated rings. The van der Waals surface area contributed by atoms with E-state index in [1.54, 1.807) is 18.6 Å². The zero-order chi connectivity index (χ0) is 11.0. The topological polar surface area (TPSA) is 74.4 Å². The first-order chi connectivity index (χ1) is 7.86. The van der Waals surface area contributed by atoms with Gasteiger partial charge in [0, 0.05) is 18.6 Å². The van der Waals surface area contributed by atoms with Gasteiger partial charge in [-0.3, -0.25) is 20.0 Å². The molecule has 16 heavy (non-hydrogen) atoms. The van der Waals surface area contributed by atoms with Crippen molar-refractivity contribution in [1.82, 2.24) is 20.2 Å². The molecule has 0 bridgehead atoms. The van der Waals surface area contributed by atoms with Crippen LogP contribution in [0.1, 0.15) is 0 Å². The van der Waals surface area contributed by atoms with Crippen LogP contribution in [0.3, 0.4) is 0 Å². The van der Waals surface area contributed by atoms with E-state index in [2.05, 4.69) is 20.2 Å². The maximum Gasteiger partial charge on any atom is 0.274 e. The summed E-state index contributed by atoms with van der Waals surface area (Å²) in [5.74, 6) is 0. The molecule has 0 aromatic carbocycles. The maximum absolute atomic E-state index is 11.6. The van der Waals surface area contributed by atoms with Crippen molar-refractivity contribution in [2.45, 2.75) is 0 Å². The van der Waals surface area contributed by atoms with Crippen LogP contribution in [0.25, 0.3) is 22.2 Å². The zero-order valence-corrected chi connectivity index (χ0v) is 8.27. The highest BCUT2D eigenvalue weighted by molar-refractivity contribution is 5.91. The predicted octanol–water partition coefficient (Wildman–Crippen LogP) is 1.31. The third kappa shape index (κ3) is 1.22. The van der Waals surface area contributed by atoms with Crippen molar-refractivity contribution in [1.29, 1.82) is 0 Å². The first-order valence-electron chi connectivity index (χ1n) is 4.82. The number of H-pyrrole nitrogens is 2. The molecular weight excluding hydrogens is 204 g/mol. The second-order valence-electron chi connectivity index (χ2n) is 3.40. The van der Waals surface area contributed by atoms with Crippen molar-refractivity contribution in [3.05, 3.63) is 47.1 Å². The Bertz CT molecular complexity index is 684. The van der Waals surface area contributed by atoms with Crippen LogP contribution >= 0.6 is 0 Å². The Balaban J connectivity index is 2.40. The highest BCUT2D eigenvalue weighted by Gasteiger charge is 2.08. The summed E-state index contributed by atoms with van der Waals surface area (Å²) in [6.45, 7) is 0. The molecule has 0 radical (unpaired) electrons. The number of nitrogens with one attached hydrogen (secondary N) is 2. The van der Waals surface area contributed by atoms with Gasteiger partial charge in [0.25, 0.3) is 5.56 Å². The molecule has 0 saturated carbocycles. The molecule has 0 aliphatic carbocycles.